The molecule has 0 aromatic heterocycles. The molecule has 0 spiro atoms. The van der Waals surface area contributed by atoms with Crippen LogP contribution in [-0.4, -0.2) is 38.0 Å². The molecule has 0 amide bonds. The molecule has 1 aromatic rings. The first kappa shape index (κ1) is 15.3. The molecule has 1 saturated heterocycles. The van der Waals surface area contributed by atoms with E-state index in [4.69, 9.17) is 10.5 Å². The predicted octanol–water partition coefficient (Wildman–Crippen LogP) is 1.63. The molecule has 0 bridgehead atoms. The Labute approximate surface area is 120 Å². The van der Waals surface area contributed by atoms with Gasteiger partial charge in [0, 0.05) is 12.2 Å². The number of ether oxygens (including phenoxy) is 1. The van der Waals surface area contributed by atoms with Crippen molar-refractivity contribution in [1.29, 1.82) is 0 Å². The molecule has 2 N–H and O–H groups in total. The van der Waals surface area contributed by atoms with E-state index >= 15 is 0 Å². The van der Waals surface area contributed by atoms with Crippen molar-refractivity contribution in [3.05, 3.63) is 23.8 Å². The molecule has 1 aromatic carbocycles. The number of rotatable bonds is 3. The van der Waals surface area contributed by atoms with Crippen LogP contribution in [-0.2, 0) is 21.2 Å². The van der Waals surface area contributed by atoms with E-state index in [1.807, 2.05) is 20.8 Å². The fraction of sp³-hybridized carbons (Fsp3) is 0.571. The third-order valence-electron chi connectivity index (χ3n) is 3.66. The Morgan fingerprint density at radius 2 is 2.10 bits per heavy atom. The van der Waals surface area contributed by atoms with Gasteiger partial charge in [0.25, 0.3) is 0 Å². The summed E-state index contributed by atoms with van der Waals surface area (Å²) in [5.74, 6) is 0. The van der Waals surface area contributed by atoms with Crippen LogP contribution in [0, 0.1) is 0 Å². The monoisotopic (exact) mass is 298 g/mol. The van der Waals surface area contributed by atoms with Crippen LogP contribution in [0.2, 0.25) is 0 Å². The highest BCUT2D eigenvalue weighted by molar-refractivity contribution is 7.89. The summed E-state index contributed by atoms with van der Waals surface area (Å²) in [7, 11) is -3.54. The van der Waals surface area contributed by atoms with Gasteiger partial charge in [-0.25, -0.2) is 8.42 Å². The minimum atomic E-state index is -3.54. The van der Waals surface area contributed by atoms with Crippen LogP contribution in [0.15, 0.2) is 23.1 Å². The maximum atomic E-state index is 12.8. The Balaban J connectivity index is 2.42. The number of hydrogen-bond acceptors (Lipinski definition) is 4. The topological polar surface area (TPSA) is 72.6 Å². The number of aryl methyl sites for hydroxylation is 1. The van der Waals surface area contributed by atoms with Crippen LogP contribution in [0.5, 0.6) is 0 Å². The number of benzene rings is 1. The van der Waals surface area contributed by atoms with Crippen LogP contribution < -0.4 is 5.73 Å². The number of hydrogen-bond donors (Lipinski definition) is 1. The van der Waals surface area contributed by atoms with E-state index in [2.05, 4.69) is 0 Å². The lowest BCUT2D eigenvalue weighted by molar-refractivity contribution is -0.00770. The largest absolute Gasteiger partial charge is 0.398 e. The maximum Gasteiger partial charge on any atom is 0.243 e. The first-order valence-electron chi connectivity index (χ1n) is 6.78. The van der Waals surface area contributed by atoms with Gasteiger partial charge in [-0.15, -0.1) is 0 Å². The molecule has 1 fully saturated rings. The Morgan fingerprint density at radius 1 is 1.40 bits per heavy atom. The van der Waals surface area contributed by atoms with Gasteiger partial charge in [0.05, 0.1) is 23.6 Å². The highest BCUT2D eigenvalue weighted by Crippen LogP contribution is 2.29. The minimum Gasteiger partial charge on any atom is -0.398 e. The standard InChI is InChI=1S/C14H22N2O3S/c1-4-11-5-6-12(9-13(11)15)20(17,18)16-7-8-19-10-14(16,2)3/h5-6,9H,4,7-8,10,15H2,1-3H3. The van der Waals surface area contributed by atoms with E-state index < -0.39 is 15.6 Å². The zero-order chi connectivity index (χ0) is 15.0. The molecule has 2 rings (SSSR count). The summed E-state index contributed by atoms with van der Waals surface area (Å²) in [6.07, 6.45) is 0.787. The third-order valence-corrected chi connectivity index (χ3v) is 5.76. The van der Waals surface area contributed by atoms with E-state index in [9.17, 15) is 8.42 Å². The van der Waals surface area contributed by atoms with Crippen molar-refractivity contribution < 1.29 is 13.2 Å². The maximum absolute atomic E-state index is 12.8. The SMILES string of the molecule is CCc1ccc(S(=O)(=O)N2CCOCC2(C)C)cc1N. The van der Waals surface area contributed by atoms with Crippen LogP contribution in [0.25, 0.3) is 0 Å². The van der Waals surface area contributed by atoms with Gasteiger partial charge in [-0.05, 0) is 38.0 Å². The predicted molar refractivity (Wildman–Crippen MR) is 79.0 cm³/mol. The summed E-state index contributed by atoms with van der Waals surface area (Å²) >= 11 is 0. The molecule has 1 heterocycles. The van der Waals surface area contributed by atoms with Crippen LogP contribution in [0.1, 0.15) is 26.3 Å². The van der Waals surface area contributed by atoms with Crippen molar-refractivity contribution in [3.8, 4) is 0 Å². The Kier molecular flexibility index (Phi) is 4.09. The highest BCUT2D eigenvalue weighted by atomic mass is 32.2. The van der Waals surface area contributed by atoms with Gasteiger partial charge in [0.1, 0.15) is 0 Å². The van der Waals surface area contributed by atoms with E-state index in [0.717, 1.165) is 12.0 Å². The number of morpholine rings is 1. The Bertz CT molecular complexity index is 596. The summed E-state index contributed by atoms with van der Waals surface area (Å²) < 4.78 is 32.4. The van der Waals surface area contributed by atoms with Gasteiger partial charge in [0.2, 0.25) is 10.0 Å². The Morgan fingerprint density at radius 3 is 2.65 bits per heavy atom. The quantitative estimate of drug-likeness (QED) is 0.861. The lowest BCUT2D eigenvalue weighted by Gasteiger charge is -2.40. The zero-order valence-corrected chi connectivity index (χ0v) is 13.0. The van der Waals surface area contributed by atoms with Crippen molar-refractivity contribution in [3.63, 3.8) is 0 Å². The first-order valence-corrected chi connectivity index (χ1v) is 8.22. The highest BCUT2D eigenvalue weighted by Gasteiger charge is 2.39. The lowest BCUT2D eigenvalue weighted by atomic mass is 10.1. The van der Waals surface area contributed by atoms with E-state index in [1.54, 1.807) is 18.2 Å². The van der Waals surface area contributed by atoms with Gasteiger partial charge in [0.15, 0.2) is 0 Å². The van der Waals surface area contributed by atoms with Crippen LogP contribution in [0.4, 0.5) is 5.69 Å². The molecular formula is C14H22N2O3S. The molecule has 20 heavy (non-hydrogen) atoms. The summed E-state index contributed by atoms with van der Waals surface area (Å²) in [5, 5.41) is 0. The molecular weight excluding hydrogens is 276 g/mol. The van der Waals surface area contributed by atoms with Crippen molar-refractivity contribution in [2.75, 3.05) is 25.5 Å². The van der Waals surface area contributed by atoms with E-state index in [1.165, 1.54) is 4.31 Å². The molecule has 1 aliphatic rings. The number of nitrogens with two attached hydrogens (primary N) is 1. The third kappa shape index (κ3) is 2.68. The number of anilines is 1. The Hall–Kier alpha value is -1.11. The molecule has 0 radical (unpaired) electrons. The van der Waals surface area contributed by atoms with Gasteiger partial charge in [-0.3, -0.25) is 0 Å². The van der Waals surface area contributed by atoms with Gasteiger partial charge >= 0.3 is 0 Å². The average molecular weight is 298 g/mol. The molecule has 6 heteroatoms. The summed E-state index contributed by atoms with van der Waals surface area (Å²) in [5.41, 5.74) is 6.86. The molecule has 1 aliphatic heterocycles. The smallest absolute Gasteiger partial charge is 0.243 e. The van der Waals surface area contributed by atoms with Gasteiger partial charge in [-0.2, -0.15) is 4.31 Å². The van der Waals surface area contributed by atoms with E-state index in [0.29, 0.717) is 25.4 Å². The minimum absolute atomic E-state index is 0.252. The van der Waals surface area contributed by atoms with Gasteiger partial charge < -0.3 is 10.5 Å². The molecule has 0 atom stereocenters. The number of sulfonamides is 1. The zero-order valence-electron chi connectivity index (χ0n) is 12.2. The van der Waals surface area contributed by atoms with Crippen molar-refractivity contribution in [2.45, 2.75) is 37.6 Å². The average Bonchev–Trinajstić information content (AvgIpc) is 2.37. The normalized spacial score (nSPS) is 19.9. The summed E-state index contributed by atoms with van der Waals surface area (Å²) in [4.78, 5) is 0.252. The first-order chi connectivity index (χ1) is 9.29. The molecule has 0 aliphatic carbocycles. The number of nitrogens with zero attached hydrogens (tertiary/aromatic N) is 1. The summed E-state index contributed by atoms with van der Waals surface area (Å²) in [6, 6.07) is 4.98. The van der Waals surface area contributed by atoms with Gasteiger partial charge in [-0.1, -0.05) is 13.0 Å². The molecule has 5 nitrogen and oxygen atoms in total. The fourth-order valence-corrected chi connectivity index (χ4v) is 4.26. The van der Waals surface area contributed by atoms with Crippen LogP contribution >= 0.6 is 0 Å². The van der Waals surface area contributed by atoms with Crippen molar-refractivity contribution in [1.82, 2.24) is 4.31 Å². The van der Waals surface area contributed by atoms with Crippen molar-refractivity contribution >= 4 is 15.7 Å². The van der Waals surface area contributed by atoms with Crippen LogP contribution in [0.3, 0.4) is 0 Å². The van der Waals surface area contributed by atoms with Crippen molar-refractivity contribution in [2.24, 2.45) is 0 Å². The fourth-order valence-electron chi connectivity index (χ4n) is 2.47. The lowest BCUT2D eigenvalue weighted by Crippen LogP contribution is -2.55. The molecule has 0 saturated carbocycles. The summed E-state index contributed by atoms with van der Waals surface area (Å²) in [6.45, 7) is 6.91. The molecule has 0 unspecified atom stereocenters. The number of nitrogen functional groups attached to an aromatic ring is 1. The molecule has 112 valence electrons. The second kappa shape index (κ2) is 5.35. The second-order valence-electron chi connectivity index (χ2n) is 5.66. The second-order valence-corrected chi connectivity index (χ2v) is 7.52. The van der Waals surface area contributed by atoms with E-state index in [-0.39, 0.29) is 4.90 Å².